The van der Waals surface area contributed by atoms with E-state index in [1.54, 1.807) is 0 Å². The van der Waals surface area contributed by atoms with Crippen LogP contribution in [-0.2, 0) is 0 Å². The van der Waals surface area contributed by atoms with Crippen molar-refractivity contribution in [2.24, 2.45) is 0 Å². The number of hydrogen-bond acceptors (Lipinski definition) is 4. The molecule has 9 heteroatoms. The quantitative estimate of drug-likeness (QED) is 0.528. The van der Waals surface area contributed by atoms with Gasteiger partial charge in [-0.05, 0) is 18.2 Å². The highest BCUT2D eigenvalue weighted by atomic mass is 35.5. The van der Waals surface area contributed by atoms with Crippen LogP contribution in [0, 0.1) is 15.9 Å². The summed E-state index contributed by atoms with van der Waals surface area (Å²) in [7, 11) is 0. The lowest BCUT2D eigenvalue weighted by Gasteiger charge is -2.08. The van der Waals surface area contributed by atoms with Gasteiger partial charge in [-0.25, -0.2) is 9.37 Å². The number of nitrogens with one attached hydrogen (secondary N) is 1. The van der Waals surface area contributed by atoms with Crippen molar-refractivity contribution >= 4 is 40.5 Å². The molecule has 2 rings (SSSR count). The molecule has 2 aromatic rings. The lowest BCUT2D eigenvalue weighted by molar-refractivity contribution is -0.385. The molecule has 0 radical (unpaired) electrons. The number of aromatic nitrogens is 1. The molecule has 0 aliphatic heterocycles. The molecule has 1 heterocycles. The van der Waals surface area contributed by atoms with E-state index < -0.39 is 22.3 Å². The first-order chi connectivity index (χ1) is 9.90. The van der Waals surface area contributed by atoms with Gasteiger partial charge in [0.25, 0.3) is 11.6 Å². The predicted molar refractivity (Wildman–Crippen MR) is 75.3 cm³/mol. The van der Waals surface area contributed by atoms with Crippen molar-refractivity contribution in [1.82, 2.24) is 4.98 Å². The summed E-state index contributed by atoms with van der Waals surface area (Å²) in [5, 5.41) is 12.9. The van der Waals surface area contributed by atoms with Crippen molar-refractivity contribution < 1.29 is 14.1 Å². The van der Waals surface area contributed by atoms with E-state index in [9.17, 15) is 19.3 Å². The lowest BCUT2D eigenvalue weighted by Crippen LogP contribution is -2.15. The van der Waals surface area contributed by atoms with Gasteiger partial charge in [-0.15, -0.1) is 0 Å². The van der Waals surface area contributed by atoms with Crippen LogP contribution in [-0.4, -0.2) is 15.8 Å². The molecule has 21 heavy (non-hydrogen) atoms. The van der Waals surface area contributed by atoms with Crippen molar-refractivity contribution in [3.05, 3.63) is 62.1 Å². The Kier molecular flexibility index (Phi) is 4.35. The van der Waals surface area contributed by atoms with Crippen LogP contribution in [0.2, 0.25) is 10.2 Å². The third-order valence-corrected chi connectivity index (χ3v) is 3.01. The summed E-state index contributed by atoms with van der Waals surface area (Å²) >= 11 is 11.4. The molecule has 0 saturated carbocycles. The number of para-hydroxylation sites is 1. The maximum Gasteiger partial charge on any atom is 0.300 e. The van der Waals surface area contributed by atoms with Gasteiger partial charge in [-0.2, -0.15) is 0 Å². The van der Waals surface area contributed by atoms with Crippen LogP contribution in [0.15, 0.2) is 30.5 Å². The second kappa shape index (κ2) is 6.02. The second-order valence-corrected chi connectivity index (χ2v) is 4.63. The van der Waals surface area contributed by atoms with Crippen LogP contribution in [0.3, 0.4) is 0 Å². The molecule has 1 aromatic heterocycles. The molecule has 1 N–H and O–H groups in total. The largest absolute Gasteiger partial charge is 0.318 e. The Morgan fingerprint density at radius 1 is 1.38 bits per heavy atom. The van der Waals surface area contributed by atoms with Crippen LogP contribution in [0.5, 0.6) is 0 Å². The van der Waals surface area contributed by atoms with Crippen molar-refractivity contribution in [2.45, 2.75) is 0 Å². The van der Waals surface area contributed by atoms with Gasteiger partial charge in [0.15, 0.2) is 0 Å². The molecule has 108 valence electrons. The molecule has 0 aliphatic carbocycles. The van der Waals surface area contributed by atoms with Gasteiger partial charge < -0.3 is 5.32 Å². The first kappa shape index (κ1) is 15.1. The number of carbonyl (C=O) groups excluding carboxylic acids is 1. The first-order valence-corrected chi connectivity index (χ1v) is 6.21. The maximum absolute atomic E-state index is 13.6. The van der Waals surface area contributed by atoms with Crippen molar-refractivity contribution in [3.8, 4) is 0 Å². The molecular formula is C12H6Cl2FN3O3. The van der Waals surface area contributed by atoms with E-state index in [0.29, 0.717) is 0 Å². The van der Waals surface area contributed by atoms with Crippen LogP contribution in [0.4, 0.5) is 15.8 Å². The molecule has 0 aliphatic rings. The molecule has 0 atom stereocenters. The number of halogens is 3. The Labute approximate surface area is 127 Å². The second-order valence-electron chi connectivity index (χ2n) is 3.83. The Hall–Kier alpha value is -2.25. The van der Waals surface area contributed by atoms with Gasteiger partial charge in [0.2, 0.25) is 0 Å². The van der Waals surface area contributed by atoms with Crippen LogP contribution >= 0.6 is 23.2 Å². The fourth-order valence-corrected chi connectivity index (χ4v) is 1.92. The average Bonchev–Trinajstić information content (AvgIpc) is 2.42. The number of benzene rings is 1. The van der Waals surface area contributed by atoms with E-state index in [2.05, 4.69) is 10.3 Å². The van der Waals surface area contributed by atoms with Gasteiger partial charge in [-0.3, -0.25) is 14.9 Å². The Bertz CT molecular complexity index is 719. The third-order valence-electron chi connectivity index (χ3n) is 2.49. The minimum atomic E-state index is -0.919. The summed E-state index contributed by atoms with van der Waals surface area (Å²) in [6.07, 6.45) is 0.847. The van der Waals surface area contributed by atoms with Crippen LogP contribution in [0.1, 0.15) is 10.4 Å². The van der Waals surface area contributed by atoms with Crippen molar-refractivity contribution in [1.29, 1.82) is 0 Å². The standard InChI is InChI=1S/C12H6Cl2FN3O3/c13-7-2-1-3-8(15)11(7)17-12(19)6-4-10(14)16-5-9(6)18(20)21/h1-5H,(H,17,19). The van der Waals surface area contributed by atoms with Gasteiger partial charge in [0.1, 0.15) is 22.7 Å². The summed E-state index contributed by atoms with van der Waals surface area (Å²) in [6, 6.07) is 4.84. The Balaban J connectivity index is 2.41. The SMILES string of the molecule is O=C(Nc1c(F)cccc1Cl)c1cc(Cl)ncc1[N+](=O)[O-]. The number of pyridine rings is 1. The zero-order chi connectivity index (χ0) is 15.6. The van der Waals surface area contributed by atoms with Crippen molar-refractivity contribution in [3.63, 3.8) is 0 Å². The number of nitrogens with zero attached hydrogens (tertiary/aromatic N) is 2. The number of anilines is 1. The fraction of sp³-hybridized carbons (Fsp3) is 0. The summed E-state index contributed by atoms with van der Waals surface area (Å²) < 4.78 is 13.6. The van der Waals surface area contributed by atoms with E-state index in [-0.39, 0.29) is 21.4 Å². The molecule has 0 fully saturated rings. The van der Waals surface area contributed by atoms with Crippen molar-refractivity contribution in [2.75, 3.05) is 5.32 Å². The molecule has 1 amide bonds. The van der Waals surface area contributed by atoms with E-state index in [1.165, 1.54) is 12.1 Å². The van der Waals surface area contributed by atoms with E-state index >= 15 is 0 Å². The summed E-state index contributed by atoms with van der Waals surface area (Å²) in [5.74, 6) is -1.68. The monoisotopic (exact) mass is 329 g/mol. The van der Waals surface area contributed by atoms with Gasteiger partial charge >= 0.3 is 0 Å². The number of amides is 1. The minimum absolute atomic E-state index is 0.0360. The first-order valence-electron chi connectivity index (χ1n) is 5.45. The maximum atomic E-state index is 13.6. The molecule has 1 aromatic carbocycles. The molecule has 6 nitrogen and oxygen atoms in total. The van der Waals surface area contributed by atoms with E-state index in [4.69, 9.17) is 23.2 Å². The van der Waals surface area contributed by atoms with Crippen LogP contribution in [0.25, 0.3) is 0 Å². The van der Waals surface area contributed by atoms with Gasteiger partial charge in [0.05, 0.1) is 15.6 Å². The molecule has 0 bridgehead atoms. The molecule has 0 unspecified atom stereocenters. The fourth-order valence-electron chi connectivity index (χ4n) is 1.55. The third kappa shape index (κ3) is 3.26. The molecular weight excluding hydrogens is 324 g/mol. The molecule has 0 saturated heterocycles. The van der Waals surface area contributed by atoms with Gasteiger partial charge in [-0.1, -0.05) is 29.3 Å². The number of carbonyl (C=O) groups is 1. The highest BCUT2D eigenvalue weighted by Gasteiger charge is 2.23. The van der Waals surface area contributed by atoms with E-state index in [1.807, 2.05) is 0 Å². The summed E-state index contributed by atoms with van der Waals surface area (Å²) in [4.78, 5) is 25.7. The minimum Gasteiger partial charge on any atom is -0.318 e. The number of nitro groups is 1. The zero-order valence-corrected chi connectivity index (χ0v) is 11.7. The predicted octanol–water partition coefficient (Wildman–Crippen LogP) is 3.69. The zero-order valence-electron chi connectivity index (χ0n) is 10.1. The highest BCUT2D eigenvalue weighted by molar-refractivity contribution is 6.34. The number of hydrogen-bond donors (Lipinski definition) is 1. The van der Waals surface area contributed by atoms with E-state index in [0.717, 1.165) is 18.3 Å². The number of rotatable bonds is 3. The molecule has 0 spiro atoms. The smallest absolute Gasteiger partial charge is 0.300 e. The topological polar surface area (TPSA) is 85.1 Å². The normalized spacial score (nSPS) is 10.2. The van der Waals surface area contributed by atoms with Gasteiger partial charge in [0, 0.05) is 0 Å². The Morgan fingerprint density at radius 3 is 2.71 bits per heavy atom. The summed E-state index contributed by atoms with van der Waals surface area (Å²) in [5.41, 5.74) is -1.17. The summed E-state index contributed by atoms with van der Waals surface area (Å²) in [6.45, 7) is 0. The lowest BCUT2D eigenvalue weighted by atomic mass is 10.2. The average molecular weight is 330 g/mol. The highest BCUT2D eigenvalue weighted by Crippen LogP contribution is 2.27. The van der Waals surface area contributed by atoms with Crippen LogP contribution < -0.4 is 5.32 Å². The Morgan fingerprint density at radius 2 is 2.10 bits per heavy atom.